The van der Waals surface area contributed by atoms with E-state index in [1.165, 1.54) is 19.3 Å². The maximum Gasteiger partial charge on any atom is 0.322 e. The lowest BCUT2D eigenvalue weighted by molar-refractivity contribution is -0.146. The second kappa shape index (κ2) is 6.34. The highest BCUT2D eigenvalue weighted by atomic mass is 16.4. The summed E-state index contributed by atoms with van der Waals surface area (Å²) in [5, 5.41) is 11.8. The number of rotatable bonds is 4. The van der Waals surface area contributed by atoms with Gasteiger partial charge in [0.1, 0.15) is 6.04 Å². The van der Waals surface area contributed by atoms with Gasteiger partial charge in [-0.1, -0.05) is 6.42 Å². The quantitative estimate of drug-likeness (QED) is 0.736. The molecule has 1 amide bonds. The van der Waals surface area contributed by atoms with E-state index in [-0.39, 0.29) is 19.0 Å². The summed E-state index contributed by atoms with van der Waals surface area (Å²) < 4.78 is 0. The minimum absolute atomic E-state index is 0.0745. The Morgan fingerprint density at radius 1 is 1.47 bits per heavy atom. The fourth-order valence-corrected chi connectivity index (χ4v) is 2.99. The van der Waals surface area contributed by atoms with E-state index in [4.69, 9.17) is 0 Å². The normalized spacial score (nSPS) is 30.1. The molecule has 2 saturated heterocycles. The predicted molar refractivity (Wildman–Crippen MR) is 70.9 cm³/mol. The molecule has 0 bridgehead atoms. The van der Waals surface area contributed by atoms with Gasteiger partial charge in [-0.2, -0.15) is 0 Å². The van der Waals surface area contributed by atoms with Crippen molar-refractivity contribution >= 4 is 11.9 Å². The summed E-state index contributed by atoms with van der Waals surface area (Å²) >= 11 is 0. The van der Waals surface area contributed by atoms with E-state index >= 15 is 0 Å². The fraction of sp³-hybridized carbons (Fsp3) is 0.846. The van der Waals surface area contributed by atoms with Gasteiger partial charge < -0.3 is 15.3 Å². The predicted octanol–water partition coefficient (Wildman–Crippen LogP) is -0.254. The van der Waals surface area contributed by atoms with E-state index in [9.17, 15) is 14.7 Å². The van der Waals surface area contributed by atoms with Crippen LogP contribution in [0.2, 0.25) is 0 Å². The van der Waals surface area contributed by atoms with Crippen molar-refractivity contribution in [3.63, 3.8) is 0 Å². The van der Waals surface area contributed by atoms with Crippen molar-refractivity contribution in [2.75, 3.05) is 33.2 Å². The average molecular weight is 269 g/mol. The largest absolute Gasteiger partial charge is 0.480 e. The molecule has 6 heteroatoms. The van der Waals surface area contributed by atoms with Gasteiger partial charge in [-0.3, -0.25) is 14.5 Å². The summed E-state index contributed by atoms with van der Waals surface area (Å²) in [5.74, 6) is -0.925. The first kappa shape index (κ1) is 14.3. The van der Waals surface area contributed by atoms with Crippen LogP contribution in [0.1, 0.15) is 25.7 Å². The molecule has 108 valence electrons. The van der Waals surface area contributed by atoms with Crippen molar-refractivity contribution in [1.29, 1.82) is 0 Å². The number of likely N-dealkylation sites (tertiary alicyclic amines) is 1. The zero-order chi connectivity index (χ0) is 13.8. The Morgan fingerprint density at radius 3 is 2.95 bits per heavy atom. The number of hydrogen-bond donors (Lipinski definition) is 2. The molecule has 6 nitrogen and oxygen atoms in total. The highest BCUT2D eigenvalue weighted by molar-refractivity contribution is 5.83. The monoisotopic (exact) mass is 269 g/mol. The van der Waals surface area contributed by atoms with Gasteiger partial charge in [0, 0.05) is 19.1 Å². The van der Waals surface area contributed by atoms with Crippen LogP contribution in [0.3, 0.4) is 0 Å². The minimum atomic E-state index is -0.850. The summed E-state index contributed by atoms with van der Waals surface area (Å²) in [6.45, 7) is 2.22. The van der Waals surface area contributed by atoms with Gasteiger partial charge in [0.15, 0.2) is 0 Å². The Balaban J connectivity index is 1.88. The topological polar surface area (TPSA) is 72.9 Å². The molecule has 2 rings (SSSR count). The first-order valence-corrected chi connectivity index (χ1v) is 7.01. The summed E-state index contributed by atoms with van der Waals surface area (Å²) in [4.78, 5) is 26.7. The minimum Gasteiger partial charge on any atom is -0.480 e. The second-order valence-electron chi connectivity index (χ2n) is 5.55. The van der Waals surface area contributed by atoms with Gasteiger partial charge in [-0.05, 0) is 32.9 Å². The maximum absolute atomic E-state index is 11.4. The van der Waals surface area contributed by atoms with Crippen molar-refractivity contribution in [3.05, 3.63) is 0 Å². The van der Waals surface area contributed by atoms with E-state index in [1.54, 1.807) is 4.90 Å². The van der Waals surface area contributed by atoms with Crippen LogP contribution >= 0.6 is 0 Å². The summed E-state index contributed by atoms with van der Waals surface area (Å²) in [6.07, 6.45) is 4.61. The highest BCUT2D eigenvalue weighted by Crippen LogP contribution is 2.18. The maximum atomic E-state index is 11.4. The fourth-order valence-electron chi connectivity index (χ4n) is 2.99. The highest BCUT2D eigenvalue weighted by Gasteiger charge is 2.32. The average Bonchev–Trinajstić information content (AvgIpc) is 2.37. The lowest BCUT2D eigenvalue weighted by atomic mass is 9.99. The first-order chi connectivity index (χ1) is 9.08. The molecule has 0 aromatic heterocycles. The number of carbonyl (C=O) groups excluding carboxylic acids is 1. The molecule has 2 unspecified atom stereocenters. The van der Waals surface area contributed by atoms with Crippen LogP contribution in [0.15, 0.2) is 0 Å². The number of amides is 1. The number of carboxylic acid groups (broad SMARTS) is 1. The molecule has 2 atom stereocenters. The first-order valence-electron chi connectivity index (χ1n) is 7.01. The summed E-state index contributed by atoms with van der Waals surface area (Å²) in [5.41, 5.74) is 0. The van der Waals surface area contributed by atoms with Gasteiger partial charge >= 0.3 is 5.97 Å². The van der Waals surface area contributed by atoms with Gasteiger partial charge in [0.05, 0.1) is 6.54 Å². The molecular weight excluding hydrogens is 246 g/mol. The van der Waals surface area contributed by atoms with Gasteiger partial charge in [-0.15, -0.1) is 0 Å². The summed E-state index contributed by atoms with van der Waals surface area (Å²) in [6, 6.07) is -0.0558. The van der Waals surface area contributed by atoms with Crippen molar-refractivity contribution in [1.82, 2.24) is 15.1 Å². The molecule has 2 heterocycles. The summed E-state index contributed by atoms with van der Waals surface area (Å²) in [7, 11) is 2.13. The second-order valence-corrected chi connectivity index (χ2v) is 5.55. The van der Waals surface area contributed by atoms with E-state index in [0.29, 0.717) is 12.6 Å². The smallest absolute Gasteiger partial charge is 0.322 e. The number of piperazine rings is 1. The Hall–Kier alpha value is -1.14. The van der Waals surface area contributed by atoms with Crippen LogP contribution in [-0.4, -0.2) is 72.1 Å². The number of carbonyl (C=O) groups is 2. The van der Waals surface area contributed by atoms with E-state index in [0.717, 1.165) is 13.0 Å². The molecule has 2 fully saturated rings. The van der Waals surface area contributed by atoms with Crippen LogP contribution in [0.4, 0.5) is 0 Å². The Labute approximate surface area is 113 Å². The molecule has 0 saturated carbocycles. The van der Waals surface area contributed by atoms with Crippen LogP contribution in [0.5, 0.6) is 0 Å². The standard InChI is InChI=1S/C13H23N3O3/c1-15-6-3-2-4-10(15)5-7-16-9-12(17)14-8-11(16)13(18)19/h10-11H,2-9H2,1H3,(H,14,17)(H,18,19). The van der Waals surface area contributed by atoms with E-state index in [2.05, 4.69) is 17.3 Å². The number of carboxylic acids is 1. The molecule has 0 radical (unpaired) electrons. The number of nitrogens with zero attached hydrogens (tertiary/aromatic N) is 2. The molecule has 2 N–H and O–H groups in total. The zero-order valence-corrected chi connectivity index (χ0v) is 11.5. The molecule has 19 heavy (non-hydrogen) atoms. The van der Waals surface area contributed by atoms with Crippen LogP contribution in [-0.2, 0) is 9.59 Å². The molecule has 0 aliphatic carbocycles. The third-order valence-electron chi connectivity index (χ3n) is 4.24. The van der Waals surface area contributed by atoms with Crippen molar-refractivity contribution in [3.8, 4) is 0 Å². The molecule has 0 aromatic rings. The lowest BCUT2D eigenvalue weighted by Crippen LogP contribution is -2.58. The van der Waals surface area contributed by atoms with Crippen LogP contribution < -0.4 is 5.32 Å². The van der Waals surface area contributed by atoms with Crippen LogP contribution in [0, 0.1) is 0 Å². The lowest BCUT2D eigenvalue weighted by Gasteiger charge is -2.37. The molecule has 2 aliphatic heterocycles. The number of hydrogen-bond acceptors (Lipinski definition) is 4. The Morgan fingerprint density at radius 2 is 2.26 bits per heavy atom. The Bertz CT molecular complexity index is 348. The molecule has 0 spiro atoms. The van der Waals surface area contributed by atoms with Gasteiger partial charge in [0.2, 0.25) is 5.91 Å². The Kier molecular flexibility index (Phi) is 4.76. The van der Waals surface area contributed by atoms with E-state index in [1.807, 2.05) is 0 Å². The third kappa shape index (κ3) is 3.67. The molecule has 0 aromatic carbocycles. The van der Waals surface area contributed by atoms with Crippen LogP contribution in [0.25, 0.3) is 0 Å². The number of aliphatic carboxylic acids is 1. The SMILES string of the molecule is CN1CCCCC1CCN1CC(=O)NCC1C(=O)O. The van der Waals surface area contributed by atoms with Crippen molar-refractivity contribution in [2.45, 2.75) is 37.8 Å². The number of piperidine rings is 1. The molecule has 2 aliphatic rings. The number of nitrogens with one attached hydrogen (secondary N) is 1. The van der Waals surface area contributed by atoms with E-state index < -0.39 is 12.0 Å². The van der Waals surface area contributed by atoms with Crippen molar-refractivity contribution < 1.29 is 14.7 Å². The van der Waals surface area contributed by atoms with Gasteiger partial charge in [-0.25, -0.2) is 0 Å². The van der Waals surface area contributed by atoms with Crippen molar-refractivity contribution in [2.24, 2.45) is 0 Å². The third-order valence-corrected chi connectivity index (χ3v) is 4.24. The van der Waals surface area contributed by atoms with Gasteiger partial charge in [0.25, 0.3) is 0 Å². The molecular formula is C13H23N3O3. The zero-order valence-electron chi connectivity index (χ0n) is 11.5.